The lowest BCUT2D eigenvalue weighted by Gasteiger charge is -2.36. The Kier molecular flexibility index (Phi) is 10.7. The second-order valence-electron chi connectivity index (χ2n) is 15.5. The fraction of sp³-hybridized carbons (Fsp3) is 0.341. The van der Waals surface area contributed by atoms with Crippen molar-refractivity contribution < 1.29 is 19.1 Å². The zero-order chi connectivity index (χ0) is 41.6. The Labute approximate surface area is 346 Å². The van der Waals surface area contributed by atoms with E-state index in [2.05, 4.69) is 29.1 Å². The van der Waals surface area contributed by atoms with E-state index in [4.69, 9.17) is 31.2 Å². The summed E-state index contributed by atoms with van der Waals surface area (Å²) in [6.07, 6.45) is 1.78. The van der Waals surface area contributed by atoms with Crippen molar-refractivity contribution in [3.63, 3.8) is 0 Å². The molecule has 0 saturated carbocycles. The number of carbonyl (C=O) groups excluding carboxylic acids is 2. The van der Waals surface area contributed by atoms with Gasteiger partial charge in [0.15, 0.2) is 17.3 Å². The number of aromatic nitrogens is 6. The van der Waals surface area contributed by atoms with Crippen molar-refractivity contribution in [2.24, 2.45) is 0 Å². The van der Waals surface area contributed by atoms with Crippen LogP contribution >= 0.6 is 11.6 Å². The molecule has 3 aromatic carbocycles. The molecule has 3 aromatic heterocycles. The van der Waals surface area contributed by atoms with E-state index in [0.29, 0.717) is 78.6 Å². The predicted molar refractivity (Wildman–Crippen MR) is 225 cm³/mol. The summed E-state index contributed by atoms with van der Waals surface area (Å²) in [5, 5.41) is 8.15. The summed E-state index contributed by atoms with van der Waals surface area (Å²) in [7, 11) is 0. The first-order valence-electron chi connectivity index (χ1n) is 19.7. The largest absolute Gasteiger partial charge is 0.485 e. The summed E-state index contributed by atoms with van der Waals surface area (Å²) in [6, 6.07) is 19.1. The summed E-state index contributed by atoms with van der Waals surface area (Å²) in [4.78, 5) is 59.7. The molecule has 5 heterocycles. The van der Waals surface area contributed by atoms with Crippen molar-refractivity contribution in [2.45, 2.75) is 73.3 Å². The summed E-state index contributed by atoms with van der Waals surface area (Å²) in [5.74, 6) is 0.301. The third kappa shape index (κ3) is 7.65. The van der Waals surface area contributed by atoms with Crippen LogP contribution in [0.4, 0.5) is 11.4 Å². The van der Waals surface area contributed by atoms with Gasteiger partial charge >= 0.3 is 0 Å². The van der Waals surface area contributed by atoms with E-state index < -0.39 is 5.60 Å². The number of aryl methyl sites for hydroxylation is 3. The minimum atomic E-state index is -0.422. The molecule has 2 aliphatic rings. The first-order chi connectivity index (χ1) is 28.3. The number of hydrogen-bond acceptors (Lipinski definition) is 10. The van der Waals surface area contributed by atoms with Crippen molar-refractivity contribution in [1.29, 1.82) is 0 Å². The molecule has 8 rings (SSSR count). The van der Waals surface area contributed by atoms with Gasteiger partial charge in [0.25, 0.3) is 11.5 Å². The minimum Gasteiger partial charge on any atom is -0.485 e. The molecule has 0 bridgehead atoms. The van der Waals surface area contributed by atoms with E-state index >= 15 is 0 Å². The van der Waals surface area contributed by atoms with Crippen LogP contribution in [0.2, 0.25) is 5.02 Å². The zero-order valence-electron chi connectivity index (χ0n) is 34.0. The zero-order valence-corrected chi connectivity index (χ0v) is 34.8. The van der Waals surface area contributed by atoms with Gasteiger partial charge in [-0.25, -0.2) is 9.97 Å². The van der Waals surface area contributed by atoms with Crippen LogP contribution in [-0.2, 0) is 41.3 Å². The normalized spacial score (nSPS) is 14.8. The van der Waals surface area contributed by atoms with Gasteiger partial charge in [0.1, 0.15) is 25.2 Å². The van der Waals surface area contributed by atoms with Crippen LogP contribution in [0.25, 0.3) is 17.2 Å². The smallest absolute Gasteiger partial charge is 0.299 e. The molecule has 0 atom stereocenters. The fourth-order valence-electron chi connectivity index (χ4n) is 8.20. The van der Waals surface area contributed by atoms with Crippen LogP contribution in [0.15, 0.2) is 71.8 Å². The van der Waals surface area contributed by atoms with E-state index in [9.17, 15) is 14.4 Å². The lowest BCUT2D eigenvalue weighted by Crippen LogP contribution is -2.51. The molecule has 2 amide bonds. The highest BCUT2D eigenvalue weighted by molar-refractivity contribution is 6.33. The van der Waals surface area contributed by atoms with E-state index in [1.54, 1.807) is 28.5 Å². The van der Waals surface area contributed by atoms with Crippen LogP contribution in [-0.4, -0.2) is 72.0 Å². The summed E-state index contributed by atoms with van der Waals surface area (Å²) in [5.41, 5.74) is 7.34. The van der Waals surface area contributed by atoms with Crippen LogP contribution in [0.5, 0.6) is 5.75 Å². The Balaban J connectivity index is 1.13. The number of ether oxygens (including phenoxy) is 2. The van der Waals surface area contributed by atoms with Crippen LogP contribution < -0.4 is 20.5 Å². The van der Waals surface area contributed by atoms with Gasteiger partial charge in [-0.15, -0.1) is 5.10 Å². The molecule has 0 aliphatic carbocycles. The maximum absolute atomic E-state index is 14.7. The first-order valence-corrected chi connectivity index (χ1v) is 20.1. The average molecular weight is 816 g/mol. The molecular formula is C44H46ClN9O5. The number of fused-ring (bicyclic) bond motifs is 2. The van der Waals surface area contributed by atoms with Gasteiger partial charge in [-0.05, 0) is 93.1 Å². The summed E-state index contributed by atoms with van der Waals surface area (Å²) < 4.78 is 15.3. The number of rotatable bonds is 10. The van der Waals surface area contributed by atoms with Crippen molar-refractivity contribution >= 4 is 40.6 Å². The Morgan fingerprint density at radius 1 is 0.983 bits per heavy atom. The number of carbonyl (C=O) groups is 2. The Morgan fingerprint density at radius 3 is 2.47 bits per heavy atom. The lowest BCUT2D eigenvalue weighted by atomic mass is 9.90. The molecule has 1 N–H and O–H groups in total. The number of nitrogens with zero attached hydrogens (tertiary/aromatic N) is 8. The molecule has 0 radical (unpaired) electrons. The van der Waals surface area contributed by atoms with Crippen molar-refractivity contribution in [3.05, 3.63) is 127 Å². The summed E-state index contributed by atoms with van der Waals surface area (Å²) >= 11 is 6.50. The Bertz CT molecular complexity index is 2670. The molecule has 0 spiro atoms. The number of benzene rings is 3. The van der Waals surface area contributed by atoms with E-state index in [1.165, 1.54) is 10.8 Å². The minimum absolute atomic E-state index is 0.162. The SMILES string of the molecule is CCc1c(N2CCN(C(=O)c3ncnc(C)c3OCc3ccccc3)CC2)c(=O)n2nc(-c3cc(C)c4c(c3)COC4(C)C)nc2n1CC(=O)Nc1ccc(C)cc1Cl. The standard InChI is InChI=1S/C44H46ClN9O5/c1-7-34-38(51-15-17-52(18-16-51)41(56)37-39(28(4)46-25-47-37)58-23-29-11-9-8-10-12-29)42(57)54-43(53(34)22-35(55)48-33-14-13-26(2)19-32(33)45)49-40(50-54)30-20-27(3)36-31(21-30)24-59-44(36,5)6/h8-14,19-21,25H,7,15-18,22-24H2,1-6H3,(H,48,55). The van der Waals surface area contributed by atoms with Gasteiger partial charge in [0.05, 0.1) is 34.3 Å². The lowest BCUT2D eigenvalue weighted by molar-refractivity contribution is -0.116. The third-order valence-corrected chi connectivity index (χ3v) is 11.3. The molecule has 304 valence electrons. The van der Waals surface area contributed by atoms with Gasteiger partial charge in [-0.1, -0.05) is 54.9 Å². The van der Waals surface area contributed by atoms with E-state index in [1.807, 2.05) is 74.2 Å². The van der Waals surface area contributed by atoms with Gasteiger partial charge in [-0.2, -0.15) is 9.50 Å². The molecule has 15 heteroatoms. The maximum Gasteiger partial charge on any atom is 0.299 e. The van der Waals surface area contributed by atoms with Crippen LogP contribution in [0.1, 0.15) is 70.5 Å². The molecule has 1 fully saturated rings. The topological polar surface area (TPSA) is 149 Å². The molecule has 14 nitrogen and oxygen atoms in total. The highest BCUT2D eigenvalue weighted by atomic mass is 35.5. The second-order valence-corrected chi connectivity index (χ2v) is 15.9. The Morgan fingerprint density at radius 2 is 1.75 bits per heavy atom. The monoisotopic (exact) mass is 815 g/mol. The van der Waals surface area contributed by atoms with Gasteiger partial charge in [-0.3, -0.25) is 14.4 Å². The van der Waals surface area contributed by atoms with Crippen LogP contribution in [0, 0.1) is 20.8 Å². The quantitative estimate of drug-likeness (QED) is 0.164. The number of piperazine rings is 1. The number of halogens is 1. The van der Waals surface area contributed by atoms with Gasteiger partial charge < -0.3 is 29.2 Å². The third-order valence-electron chi connectivity index (χ3n) is 11.0. The first kappa shape index (κ1) is 39.7. The van der Waals surface area contributed by atoms with E-state index in [-0.39, 0.29) is 42.0 Å². The predicted octanol–water partition coefficient (Wildman–Crippen LogP) is 6.43. The van der Waals surface area contributed by atoms with Gasteiger partial charge in [0.2, 0.25) is 11.7 Å². The molecule has 0 unspecified atom stereocenters. The number of nitrogens with one attached hydrogen (secondary N) is 1. The van der Waals surface area contributed by atoms with Gasteiger partial charge in [0, 0.05) is 31.7 Å². The highest BCUT2D eigenvalue weighted by Crippen LogP contribution is 2.40. The maximum atomic E-state index is 14.7. The summed E-state index contributed by atoms with van der Waals surface area (Å²) in [6.45, 7) is 13.7. The van der Waals surface area contributed by atoms with Crippen LogP contribution in [0.3, 0.4) is 0 Å². The molecule has 6 aromatic rings. The molecule has 2 aliphatic heterocycles. The molecule has 59 heavy (non-hydrogen) atoms. The number of hydrogen-bond donors (Lipinski definition) is 1. The Hall–Kier alpha value is -6.12. The molecule has 1 saturated heterocycles. The van der Waals surface area contributed by atoms with Crippen molar-refractivity contribution in [3.8, 4) is 17.1 Å². The van der Waals surface area contributed by atoms with Crippen molar-refractivity contribution in [1.82, 2.24) is 34.0 Å². The fourth-order valence-corrected chi connectivity index (χ4v) is 8.48. The van der Waals surface area contributed by atoms with Crippen molar-refractivity contribution in [2.75, 3.05) is 36.4 Å². The second kappa shape index (κ2) is 15.9. The highest BCUT2D eigenvalue weighted by Gasteiger charge is 2.34. The van der Waals surface area contributed by atoms with E-state index in [0.717, 1.165) is 33.4 Å². The average Bonchev–Trinajstić information content (AvgIpc) is 3.81. The number of amides is 2. The molecular weight excluding hydrogens is 770 g/mol. The number of anilines is 2.